The lowest BCUT2D eigenvalue weighted by Crippen LogP contribution is -1.93. The third kappa shape index (κ3) is 3.66. The normalized spacial score (nSPS) is 11.4. The molecule has 0 aliphatic rings. The molecular formula is C30H19N3S2. The van der Waals surface area contributed by atoms with Crippen molar-refractivity contribution in [3.63, 3.8) is 0 Å². The molecule has 0 saturated heterocycles. The maximum Gasteiger partial charge on any atom is 0.125 e. The molecule has 1 N–H and O–H groups in total. The van der Waals surface area contributed by atoms with E-state index >= 15 is 0 Å². The summed E-state index contributed by atoms with van der Waals surface area (Å²) in [6.07, 6.45) is 0. The second-order valence-electron chi connectivity index (χ2n) is 8.39. The van der Waals surface area contributed by atoms with Gasteiger partial charge in [-0.05, 0) is 53.9 Å². The van der Waals surface area contributed by atoms with E-state index < -0.39 is 0 Å². The van der Waals surface area contributed by atoms with Gasteiger partial charge in [0.2, 0.25) is 0 Å². The summed E-state index contributed by atoms with van der Waals surface area (Å²) in [7, 11) is 0. The average molecular weight is 486 g/mol. The second kappa shape index (κ2) is 8.31. The highest BCUT2D eigenvalue weighted by atomic mass is 32.1. The number of fused-ring (bicyclic) bond motifs is 3. The summed E-state index contributed by atoms with van der Waals surface area (Å²) in [6, 6.07) is 38.0. The zero-order chi connectivity index (χ0) is 23.2. The van der Waals surface area contributed by atoms with Gasteiger partial charge >= 0.3 is 0 Å². The molecule has 5 heteroatoms. The number of thiazole rings is 2. The number of aromatic nitrogens is 2. The van der Waals surface area contributed by atoms with Gasteiger partial charge in [0, 0.05) is 27.9 Å². The molecule has 2 aromatic heterocycles. The van der Waals surface area contributed by atoms with Crippen LogP contribution in [0, 0.1) is 0 Å². The van der Waals surface area contributed by atoms with E-state index in [0.29, 0.717) is 0 Å². The summed E-state index contributed by atoms with van der Waals surface area (Å²) in [4.78, 5) is 9.73. The topological polar surface area (TPSA) is 37.8 Å². The largest absolute Gasteiger partial charge is 0.355 e. The minimum atomic E-state index is 1.03. The Morgan fingerprint density at radius 3 is 1.97 bits per heavy atom. The lowest BCUT2D eigenvalue weighted by molar-refractivity contribution is 1.47. The van der Waals surface area contributed by atoms with Gasteiger partial charge in [-0.15, -0.1) is 22.7 Å². The second-order valence-corrected chi connectivity index (χ2v) is 10.4. The number of hydrogen-bond donors (Lipinski definition) is 1. The number of nitrogens with zero attached hydrogens (tertiary/aromatic N) is 2. The quantitative estimate of drug-likeness (QED) is 0.270. The van der Waals surface area contributed by atoms with Crippen molar-refractivity contribution in [2.75, 3.05) is 5.32 Å². The standard InChI is InChI=1S/C30H19N3S2/c1-2-11-22-21(10-1)23(30-33-26-13-4-6-15-28(26)35-30)16-17-24(22)31-20-9-7-8-19(18-20)29-32-25-12-3-5-14-27(25)34-29/h1-18,31H. The predicted molar refractivity (Wildman–Crippen MR) is 151 cm³/mol. The number of para-hydroxylation sites is 2. The maximum absolute atomic E-state index is 4.90. The van der Waals surface area contributed by atoms with Crippen LogP contribution in [0.5, 0.6) is 0 Å². The Morgan fingerprint density at radius 1 is 0.543 bits per heavy atom. The first kappa shape index (κ1) is 20.3. The molecule has 0 aliphatic carbocycles. The molecule has 0 atom stereocenters. The summed E-state index contributed by atoms with van der Waals surface area (Å²) in [5.74, 6) is 0. The molecule has 0 unspecified atom stereocenters. The Balaban J connectivity index is 1.28. The fourth-order valence-electron chi connectivity index (χ4n) is 4.46. The molecule has 2 heterocycles. The number of nitrogens with one attached hydrogen (secondary N) is 1. The lowest BCUT2D eigenvalue weighted by atomic mass is 10.0. The van der Waals surface area contributed by atoms with Crippen molar-refractivity contribution >= 4 is 65.3 Å². The van der Waals surface area contributed by atoms with Gasteiger partial charge in [-0.1, -0.05) is 60.7 Å². The van der Waals surface area contributed by atoms with E-state index in [9.17, 15) is 0 Å². The van der Waals surface area contributed by atoms with Crippen LogP contribution in [0.25, 0.3) is 52.3 Å². The average Bonchev–Trinajstić information content (AvgIpc) is 3.53. The smallest absolute Gasteiger partial charge is 0.125 e. The van der Waals surface area contributed by atoms with E-state index in [0.717, 1.165) is 43.6 Å². The third-order valence-corrected chi connectivity index (χ3v) is 8.29. The molecule has 0 spiro atoms. The molecule has 0 aliphatic heterocycles. The van der Waals surface area contributed by atoms with Crippen molar-refractivity contribution in [3.05, 3.63) is 109 Å². The van der Waals surface area contributed by atoms with Crippen molar-refractivity contribution in [3.8, 4) is 21.1 Å². The fourth-order valence-corrected chi connectivity index (χ4v) is 6.43. The lowest BCUT2D eigenvalue weighted by Gasteiger charge is -2.13. The van der Waals surface area contributed by atoms with Gasteiger partial charge in [0.15, 0.2) is 0 Å². The minimum Gasteiger partial charge on any atom is -0.355 e. The van der Waals surface area contributed by atoms with Crippen molar-refractivity contribution in [2.24, 2.45) is 0 Å². The minimum absolute atomic E-state index is 1.03. The van der Waals surface area contributed by atoms with E-state index in [4.69, 9.17) is 9.97 Å². The van der Waals surface area contributed by atoms with Crippen LogP contribution in [-0.2, 0) is 0 Å². The number of benzene rings is 5. The molecule has 5 aromatic carbocycles. The number of anilines is 2. The van der Waals surface area contributed by atoms with Crippen LogP contribution in [0.4, 0.5) is 11.4 Å². The van der Waals surface area contributed by atoms with Crippen molar-refractivity contribution < 1.29 is 0 Å². The molecule has 166 valence electrons. The highest BCUT2D eigenvalue weighted by Crippen LogP contribution is 2.38. The Kier molecular flexibility index (Phi) is 4.82. The van der Waals surface area contributed by atoms with E-state index in [1.54, 1.807) is 22.7 Å². The third-order valence-electron chi connectivity index (χ3n) is 6.13. The first-order valence-corrected chi connectivity index (χ1v) is 13.1. The first-order chi connectivity index (χ1) is 17.3. The molecule has 0 fully saturated rings. The Labute approximate surface area is 210 Å². The number of hydrogen-bond acceptors (Lipinski definition) is 5. The predicted octanol–water partition coefficient (Wildman–Crippen LogP) is 9.14. The Bertz CT molecular complexity index is 1780. The van der Waals surface area contributed by atoms with E-state index in [-0.39, 0.29) is 0 Å². The van der Waals surface area contributed by atoms with Crippen LogP contribution in [-0.4, -0.2) is 9.97 Å². The van der Waals surface area contributed by atoms with Crippen LogP contribution in [0.15, 0.2) is 109 Å². The van der Waals surface area contributed by atoms with Gasteiger partial charge in [0.1, 0.15) is 10.0 Å². The summed E-state index contributed by atoms with van der Waals surface area (Å²) >= 11 is 3.46. The fraction of sp³-hybridized carbons (Fsp3) is 0. The Hall–Kier alpha value is -4.06. The zero-order valence-corrected chi connectivity index (χ0v) is 20.2. The summed E-state index contributed by atoms with van der Waals surface area (Å²) in [6.45, 7) is 0. The molecule has 7 aromatic rings. The van der Waals surface area contributed by atoms with Crippen LogP contribution < -0.4 is 5.32 Å². The molecular weight excluding hydrogens is 466 g/mol. The van der Waals surface area contributed by atoms with Crippen molar-refractivity contribution in [1.29, 1.82) is 0 Å². The van der Waals surface area contributed by atoms with E-state index in [1.807, 2.05) is 12.1 Å². The van der Waals surface area contributed by atoms with Crippen LogP contribution in [0.3, 0.4) is 0 Å². The van der Waals surface area contributed by atoms with Gasteiger partial charge in [-0.25, -0.2) is 9.97 Å². The highest BCUT2D eigenvalue weighted by molar-refractivity contribution is 7.22. The monoisotopic (exact) mass is 485 g/mol. The number of rotatable bonds is 4. The van der Waals surface area contributed by atoms with Gasteiger partial charge in [0.25, 0.3) is 0 Å². The Morgan fingerprint density at radius 2 is 1.20 bits per heavy atom. The maximum atomic E-state index is 4.90. The summed E-state index contributed by atoms with van der Waals surface area (Å²) in [5.41, 5.74) is 6.49. The molecule has 7 rings (SSSR count). The van der Waals surface area contributed by atoms with Crippen molar-refractivity contribution in [1.82, 2.24) is 9.97 Å². The van der Waals surface area contributed by atoms with Gasteiger partial charge < -0.3 is 5.32 Å². The molecule has 0 bridgehead atoms. The van der Waals surface area contributed by atoms with Crippen LogP contribution >= 0.6 is 22.7 Å². The molecule has 0 saturated carbocycles. The first-order valence-electron chi connectivity index (χ1n) is 11.4. The molecule has 0 amide bonds. The van der Waals surface area contributed by atoms with Crippen molar-refractivity contribution in [2.45, 2.75) is 0 Å². The van der Waals surface area contributed by atoms with Gasteiger partial charge in [0.05, 0.1) is 20.4 Å². The van der Waals surface area contributed by atoms with E-state index in [2.05, 4.69) is 102 Å². The zero-order valence-electron chi connectivity index (χ0n) is 18.6. The van der Waals surface area contributed by atoms with Crippen LogP contribution in [0.1, 0.15) is 0 Å². The summed E-state index contributed by atoms with van der Waals surface area (Å²) < 4.78 is 2.41. The van der Waals surface area contributed by atoms with Crippen LogP contribution in [0.2, 0.25) is 0 Å². The molecule has 0 radical (unpaired) electrons. The molecule has 3 nitrogen and oxygen atoms in total. The highest BCUT2D eigenvalue weighted by Gasteiger charge is 2.13. The van der Waals surface area contributed by atoms with Gasteiger partial charge in [-0.3, -0.25) is 0 Å². The van der Waals surface area contributed by atoms with E-state index in [1.165, 1.54) is 20.2 Å². The molecule has 35 heavy (non-hydrogen) atoms. The summed E-state index contributed by atoms with van der Waals surface area (Å²) in [5, 5.41) is 8.11. The van der Waals surface area contributed by atoms with Gasteiger partial charge in [-0.2, -0.15) is 0 Å². The SMILES string of the molecule is c1cc(Nc2ccc(-c3nc4ccccc4s3)c3ccccc23)cc(-c2nc3ccccc3s2)c1.